The van der Waals surface area contributed by atoms with Gasteiger partial charge in [-0.1, -0.05) is 32.8 Å². The minimum absolute atomic E-state index is 0.376. The number of thiophene rings is 1. The Kier molecular flexibility index (Phi) is 8.56. The number of ether oxygens (including phenoxy) is 1. The Morgan fingerprint density at radius 3 is 2.54 bits per heavy atom. The van der Waals surface area contributed by atoms with Crippen molar-refractivity contribution in [3.05, 3.63) is 22.4 Å². The third-order valence-electron chi connectivity index (χ3n) is 4.76. The molecule has 1 aliphatic rings. The largest absolute Gasteiger partial charge is 0.379 e. The number of nitrogens with one attached hydrogen (secondary N) is 2. The molecule has 0 aliphatic carbocycles. The van der Waals surface area contributed by atoms with E-state index in [0.717, 1.165) is 45.4 Å². The average Bonchev–Trinajstić information content (AvgIpc) is 3.16. The Labute approximate surface area is 150 Å². The predicted molar refractivity (Wildman–Crippen MR) is 103 cm³/mol. The summed E-state index contributed by atoms with van der Waals surface area (Å²) in [5, 5.41) is 9.15. The van der Waals surface area contributed by atoms with Gasteiger partial charge < -0.3 is 15.4 Å². The molecule has 24 heavy (non-hydrogen) atoms. The minimum Gasteiger partial charge on any atom is -0.379 e. The summed E-state index contributed by atoms with van der Waals surface area (Å²) >= 11 is 1.83. The molecular formula is C18H32N4OS. The van der Waals surface area contributed by atoms with Crippen LogP contribution in [0.5, 0.6) is 0 Å². The molecule has 2 N–H and O–H groups in total. The second-order valence-electron chi connectivity index (χ2n) is 6.20. The highest BCUT2D eigenvalue weighted by atomic mass is 32.1. The Balaban J connectivity index is 1.91. The van der Waals surface area contributed by atoms with E-state index in [9.17, 15) is 0 Å². The summed E-state index contributed by atoms with van der Waals surface area (Å²) in [4.78, 5) is 8.29. The van der Waals surface area contributed by atoms with Crippen LogP contribution in [-0.4, -0.2) is 57.3 Å². The monoisotopic (exact) mass is 352 g/mol. The quantitative estimate of drug-likeness (QED) is 0.558. The van der Waals surface area contributed by atoms with Gasteiger partial charge in [-0.25, -0.2) is 0 Å². The van der Waals surface area contributed by atoms with Crippen LogP contribution in [0.3, 0.4) is 0 Å². The Morgan fingerprint density at radius 1 is 1.25 bits per heavy atom. The van der Waals surface area contributed by atoms with Gasteiger partial charge in [0.25, 0.3) is 0 Å². The molecular weight excluding hydrogens is 320 g/mol. The summed E-state index contributed by atoms with van der Waals surface area (Å²) < 4.78 is 5.51. The lowest BCUT2D eigenvalue weighted by atomic mass is 10.0. The van der Waals surface area contributed by atoms with Gasteiger partial charge in [-0.3, -0.25) is 9.89 Å². The molecule has 1 atom stereocenters. The highest BCUT2D eigenvalue weighted by Crippen LogP contribution is 2.25. The van der Waals surface area contributed by atoms with E-state index < -0.39 is 0 Å². The molecule has 1 fully saturated rings. The fourth-order valence-electron chi connectivity index (χ4n) is 3.01. The standard InChI is InChI=1S/C18H32N4OS/c1-4-15(5-2)13-20-18(19-3)21-14-16(17-7-6-12-24-17)22-8-10-23-11-9-22/h6-7,12,15-16H,4-5,8-11,13-14H2,1-3H3,(H2,19,20,21). The highest BCUT2D eigenvalue weighted by molar-refractivity contribution is 7.10. The molecule has 136 valence electrons. The molecule has 1 aliphatic heterocycles. The van der Waals surface area contributed by atoms with Crippen molar-refractivity contribution >= 4 is 17.3 Å². The van der Waals surface area contributed by atoms with Crippen molar-refractivity contribution in [2.45, 2.75) is 32.7 Å². The van der Waals surface area contributed by atoms with E-state index in [2.05, 4.69) is 51.9 Å². The third-order valence-corrected chi connectivity index (χ3v) is 5.73. The second kappa shape index (κ2) is 10.7. The summed E-state index contributed by atoms with van der Waals surface area (Å²) in [6, 6.07) is 4.74. The van der Waals surface area contributed by atoms with Crippen molar-refractivity contribution in [3.8, 4) is 0 Å². The number of hydrogen-bond acceptors (Lipinski definition) is 4. The van der Waals surface area contributed by atoms with Gasteiger partial charge in [0, 0.05) is 38.1 Å². The van der Waals surface area contributed by atoms with E-state index in [1.165, 1.54) is 17.7 Å². The molecule has 0 saturated carbocycles. The van der Waals surface area contributed by atoms with Crippen molar-refractivity contribution in [1.82, 2.24) is 15.5 Å². The first-order valence-corrected chi connectivity index (χ1v) is 9.96. The topological polar surface area (TPSA) is 48.9 Å². The van der Waals surface area contributed by atoms with Crippen molar-refractivity contribution in [2.75, 3.05) is 46.4 Å². The normalized spacial score (nSPS) is 17.9. The van der Waals surface area contributed by atoms with Crippen LogP contribution in [0.4, 0.5) is 0 Å². The summed E-state index contributed by atoms with van der Waals surface area (Å²) in [6.07, 6.45) is 2.40. The molecule has 1 aromatic heterocycles. The zero-order valence-corrected chi connectivity index (χ0v) is 16.1. The highest BCUT2D eigenvalue weighted by Gasteiger charge is 2.23. The maximum absolute atomic E-state index is 5.51. The summed E-state index contributed by atoms with van der Waals surface area (Å²) in [5.74, 6) is 1.60. The van der Waals surface area contributed by atoms with Crippen LogP contribution in [0.25, 0.3) is 0 Å². The van der Waals surface area contributed by atoms with Crippen molar-refractivity contribution in [2.24, 2.45) is 10.9 Å². The van der Waals surface area contributed by atoms with Gasteiger partial charge >= 0.3 is 0 Å². The Bertz CT molecular complexity index is 467. The smallest absolute Gasteiger partial charge is 0.191 e. The molecule has 6 heteroatoms. The fraction of sp³-hybridized carbons (Fsp3) is 0.722. The maximum Gasteiger partial charge on any atom is 0.191 e. The average molecular weight is 353 g/mol. The van der Waals surface area contributed by atoms with Gasteiger partial charge in [-0.2, -0.15) is 0 Å². The first kappa shape index (κ1) is 19.2. The lowest BCUT2D eigenvalue weighted by molar-refractivity contribution is 0.0177. The molecule has 0 aromatic carbocycles. The van der Waals surface area contributed by atoms with E-state index in [-0.39, 0.29) is 0 Å². The van der Waals surface area contributed by atoms with Crippen molar-refractivity contribution < 1.29 is 4.74 Å². The van der Waals surface area contributed by atoms with Crippen LogP contribution in [0.1, 0.15) is 37.6 Å². The zero-order chi connectivity index (χ0) is 17.2. The summed E-state index contributed by atoms with van der Waals surface area (Å²) in [7, 11) is 1.84. The second-order valence-corrected chi connectivity index (χ2v) is 7.18. The van der Waals surface area contributed by atoms with Gasteiger partial charge in [-0.15, -0.1) is 11.3 Å². The summed E-state index contributed by atoms with van der Waals surface area (Å²) in [6.45, 7) is 9.96. The number of morpholine rings is 1. The molecule has 2 rings (SSSR count). The number of hydrogen-bond donors (Lipinski definition) is 2. The van der Waals surface area contributed by atoms with Crippen LogP contribution in [0.2, 0.25) is 0 Å². The zero-order valence-electron chi connectivity index (χ0n) is 15.3. The fourth-order valence-corrected chi connectivity index (χ4v) is 3.87. The lowest BCUT2D eigenvalue weighted by Crippen LogP contribution is -2.46. The van der Waals surface area contributed by atoms with Crippen LogP contribution >= 0.6 is 11.3 Å². The molecule has 1 saturated heterocycles. The first-order chi connectivity index (χ1) is 11.8. The van der Waals surface area contributed by atoms with Crippen molar-refractivity contribution in [1.29, 1.82) is 0 Å². The molecule has 0 radical (unpaired) electrons. The molecule has 1 unspecified atom stereocenters. The number of aliphatic imine (C=N–C) groups is 1. The molecule has 0 bridgehead atoms. The van der Waals surface area contributed by atoms with Gasteiger partial charge in [0.2, 0.25) is 0 Å². The van der Waals surface area contributed by atoms with Gasteiger partial charge in [-0.05, 0) is 17.4 Å². The summed E-state index contributed by atoms with van der Waals surface area (Å²) in [5.41, 5.74) is 0. The van der Waals surface area contributed by atoms with Gasteiger partial charge in [0.1, 0.15) is 0 Å². The molecule has 1 aromatic rings. The molecule has 0 amide bonds. The minimum atomic E-state index is 0.376. The van der Waals surface area contributed by atoms with E-state index >= 15 is 0 Å². The SMILES string of the molecule is CCC(CC)CNC(=NC)NCC(c1cccs1)N1CCOCC1. The van der Waals surface area contributed by atoms with E-state index in [1.54, 1.807) is 0 Å². The third kappa shape index (κ3) is 5.76. The molecule has 5 nitrogen and oxygen atoms in total. The van der Waals surface area contributed by atoms with Crippen molar-refractivity contribution in [3.63, 3.8) is 0 Å². The first-order valence-electron chi connectivity index (χ1n) is 9.08. The van der Waals surface area contributed by atoms with E-state index in [0.29, 0.717) is 12.0 Å². The van der Waals surface area contributed by atoms with Crippen LogP contribution in [-0.2, 0) is 4.74 Å². The number of nitrogens with zero attached hydrogens (tertiary/aromatic N) is 2. The van der Waals surface area contributed by atoms with E-state index in [4.69, 9.17) is 4.74 Å². The Hall–Kier alpha value is -1.11. The molecule has 0 spiro atoms. The van der Waals surface area contributed by atoms with Crippen LogP contribution < -0.4 is 10.6 Å². The van der Waals surface area contributed by atoms with Crippen LogP contribution in [0.15, 0.2) is 22.5 Å². The molecule has 2 heterocycles. The lowest BCUT2D eigenvalue weighted by Gasteiger charge is -2.34. The van der Waals surface area contributed by atoms with Gasteiger partial charge in [0.05, 0.1) is 19.3 Å². The van der Waals surface area contributed by atoms with Gasteiger partial charge in [0.15, 0.2) is 5.96 Å². The Morgan fingerprint density at radius 2 is 1.96 bits per heavy atom. The van der Waals surface area contributed by atoms with E-state index in [1.807, 2.05) is 18.4 Å². The predicted octanol–water partition coefficient (Wildman–Crippen LogP) is 2.72. The van der Waals surface area contributed by atoms with Crippen LogP contribution in [0, 0.1) is 5.92 Å². The number of rotatable bonds is 8. The number of guanidine groups is 1. The maximum atomic E-state index is 5.51.